The average molecular weight is 229 g/mol. The van der Waals surface area contributed by atoms with Crippen LogP contribution in [-0.4, -0.2) is 20.1 Å². The number of aromatic hydroxyl groups is 1. The van der Waals surface area contributed by atoms with Gasteiger partial charge in [-0.25, -0.2) is 9.97 Å². The molecule has 3 aromatic rings. The summed E-state index contributed by atoms with van der Waals surface area (Å²) in [4.78, 5) is 13.3. The topological polar surface area (TPSA) is 58.9 Å². The average Bonchev–Trinajstić information content (AvgIpc) is 2.73. The Hall–Kier alpha value is -2.01. The lowest BCUT2D eigenvalue weighted by Gasteiger charge is -1.97. The summed E-state index contributed by atoms with van der Waals surface area (Å²) in [7, 11) is 0. The van der Waals surface area contributed by atoms with Crippen LogP contribution < -0.4 is 0 Å². The molecule has 0 aromatic carbocycles. The van der Waals surface area contributed by atoms with Crippen LogP contribution in [0.3, 0.4) is 0 Å². The Morgan fingerprint density at radius 1 is 1.19 bits per heavy atom. The Kier molecular flexibility index (Phi) is 2.04. The smallest absolute Gasteiger partial charge is 0.144 e. The van der Waals surface area contributed by atoms with E-state index in [0.717, 1.165) is 15.4 Å². The summed E-state index contributed by atoms with van der Waals surface area (Å²) in [6, 6.07) is 5.49. The molecule has 0 aliphatic heterocycles. The maximum atomic E-state index is 9.67. The highest BCUT2D eigenvalue weighted by Gasteiger charge is 2.09. The normalized spacial score (nSPS) is 10.8. The van der Waals surface area contributed by atoms with Gasteiger partial charge in [0.05, 0.1) is 11.8 Å². The third-order valence-electron chi connectivity index (χ3n) is 2.20. The fourth-order valence-corrected chi connectivity index (χ4v) is 2.39. The quantitative estimate of drug-likeness (QED) is 0.696. The summed E-state index contributed by atoms with van der Waals surface area (Å²) in [6.07, 6.45) is 4.78. The largest absolute Gasteiger partial charge is 0.506 e. The molecule has 0 aliphatic rings. The van der Waals surface area contributed by atoms with Gasteiger partial charge in [0.2, 0.25) is 0 Å². The molecule has 0 fully saturated rings. The zero-order valence-electron chi connectivity index (χ0n) is 8.16. The van der Waals surface area contributed by atoms with Gasteiger partial charge in [-0.05, 0) is 18.2 Å². The predicted octanol–water partition coefficient (Wildman–Crippen LogP) is 2.46. The van der Waals surface area contributed by atoms with Gasteiger partial charge >= 0.3 is 0 Å². The Balaban J connectivity index is 2.23. The van der Waals surface area contributed by atoms with Crippen molar-refractivity contribution in [2.75, 3.05) is 0 Å². The van der Waals surface area contributed by atoms with Gasteiger partial charge < -0.3 is 5.11 Å². The molecule has 0 saturated carbocycles. The van der Waals surface area contributed by atoms with Crippen molar-refractivity contribution in [2.24, 2.45) is 0 Å². The van der Waals surface area contributed by atoms with Gasteiger partial charge in [0.15, 0.2) is 0 Å². The number of thiazole rings is 1. The van der Waals surface area contributed by atoms with E-state index in [2.05, 4.69) is 15.0 Å². The lowest BCUT2D eigenvalue weighted by atomic mass is 10.2. The molecule has 0 unspecified atom stereocenters. The van der Waals surface area contributed by atoms with Gasteiger partial charge in [0, 0.05) is 12.4 Å². The van der Waals surface area contributed by atoms with Crippen molar-refractivity contribution >= 4 is 21.7 Å². The highest BCUT2D eigenvalue weighted by atomic mass is 32.1. The molecule has 16 heavy (non-hydrogen) atoms. The minimum atomic E-state index is 0.140. The van der Waals surface area contributed by atoms with Gasteiger partial charge in [-0.1, -0.05) is 11.3 Å². The van der Waals surface area contributed by atoms with Crippen LogP contribution in [0.2, 0.25) is 0 Å². The van der Waals surface area contributed by atoms with Crippen LogP contribution in [-0.2, 0) is 0 Å². The zero-order valence-corrected chi connectivity index (χ0v) is 8.98. The van der Waals surface area contributed by atoms with Crippen molar-refractivity contribution in [1.82, 2.24) is 15.0 Å². The lowest BCUT2D eigenvalue weighted by molar-refractivity contribution is 0.474. The zero-order chi connectivity index (χ0) is 11.0. The van der Waals surface area contributed by atoms with E-state index in [1.807, 2.05) is 12.1 Å². The molecule has 0 aliphatic carbocycles. The third kappa shape index (κ3) is 1.42. The standard InChI is InChI=1S/C11H7N3OS/c15-9-6-12-5-3-7(9)10-14-8-2-1-4-13-11(8)16-10/h1-6,15H. The molecule has 3 aromatic heterocycles. The van der Waals surface area contributed by atoms with E-state index in [0.29, 0.717) is 5.56 Å². The van der Waals surface area contributed by atoms with E-state index >= 15 is 0 Å². The monoisotopic (exact) mass is 229 g/mol. The molecule has 1 N–H and O–H groups in total. The van der Waals surface area contributed by atoms with Crippen molar-refractivity contribution in [2.45, 2.75) is 0 Å². The van der Waals surface area contributed by atoms with Crippen molar-refractivity contribution in [1.29, 1.82) is 0 Å². The predicted molar refractivity (Wildman–Crippen MR) is 62.3 cm³/mol. The van der Waals surface area contributed by atoms with E-state index in [1.165, 1.54) is 17.5 Å². The highest BCUT2D eigenvalue weighted by molar-refractivity contribution is 7.21. The minimum absolute atomic E-state index is 0.140. The molecule has 3 rings (SSSR count). The van der Waals surface area contributed by atoms with Gasteiger partial charge in [-0.2, -0.15) is 0 Å². The number of fused-ring (bicyclic) bond motifs is 1. The van der Waals surface area contributed by atoms with Crippen LogP contribution in [0, 0.1) is 0 Å². The molecule has 0 spiro atoms. The van der Waals surface area contributed by atoms with Crippen LogP contribution in [0.25, 0.3) is 20.9 Å². The van der Waals surface area contributed by atoms with E-state index in [4.69, 9.17) is 0 Å². The molecular weight excluding hydrogens is 222 g/mol. The molecule has 3 heterocycles. The Bertz CT molecular complexity index is 617. The van der Waals surface area contributed by atoms with E-state index in [-0.39, 0.29) is 5.75 Å². The molecule has 0 bridgehead atoms. The SMILES string of the molecule is Oc1cnccc1-c1nc2cccnc2s1. The second kappa shape index (κ2) is 3.53. The van der Waals surface area contributed by atoms with Crippen LogP contribution in [0.5, 0.6) is 5.75 Å². The van der Waals surface area contributed by atoms with Gasteiger partial charge in [-0.3, -0.25) is 4.98 Å². The number of pyridine rings is 2. The van der Waals surface area contributed by atoms with E-state index in [1.54, 1.807) is 18.5 Å². The summed E-state index contributed by atoms with van der Waals surface area (Å²) < 4.78 is 0. The van der Waals surface area contributed by atoms with Crippen LogP contribution in [0.1, 0.15) is 0 Å². The summed E-state index contributed by atoms with van der Waals surface area (Å²) in [5.41, 5.74) is 1.54. The number of aromatic nitrogens is 3. The molecule has 0 amide bonds. The van der Waals surface area contributed by atoms with Crippen molar-refractivity contribution in [3.8, 4) is 16.3 Å². The van der Waals surface area contributed by atoms with E-state index in [9.17, 15) is 5.11 Å². The van der Waals surface area contributed by atoms with Crippen LogP contribution in [0.4, 0.5) is 0 Å². The first kappa shape index (κ1) is 9.23. The molecule has 4 nitrogen and oxygen atoms in total. The van der Waals surface area contributed by atoms with Crippen LogP contribution in [0.15, 0.2) is 36.8 Å². The first-order valence-corrected chi connectivity index (χ1v) is 5.51. The number of rotatable bonds is 1. The number of nitrogens with zero attached hydrogens (tertiary/aromatic N) is 3. The fourth-order valence-electron chi connectivity index (χ4n) is 1.45. The van der Waals surface area contributed by atoms with Gasteiger partial charge in [-0.15, -0.1) is 0 Å². The summed E-state index contributed by atoms with van der Waals surface area (Å²) in [5.74, 6) is 0.140. The summed E-state index contributed by atoms with van der Waals surface area (Å²) in [5, 5.41) is 10.4. The van der Waals surface area contributed by atoms with Crippen molar-refractivity contribution in [3.63, 3.8) is 0 Å². The fraction of sp³-hybridized carbons (Fsp3) is 0. The number of hydrogen-bond acceptors (Lipinski definition) is 5. The first-order chi connectivity index (χ1) is 7.84. The van der Waals surface area contributed by atoms with E-state index < -0.39 is 0 Å². The first-order valence-electron chi connectivity index (χ1n) is 4.69. The molecule has 0 atom stereocenters. The molecule has 78 valence electrons. The Labute approximate surface area is 95.3 Å². The minimum Gasteiger partial charge on any atom is -0.506 e. The summed E-state index contributed by atoms with van der Waals surface area (Å²) >= 11 is 1.45. The van der Waals surface area contributed by atoms with Crippen molar-refractivity contribution < 1.29 is 5.11 Å². The molecular formula is C11H7N3OS. The maximum Gasteiger partial charge on any atom is 0.144 e. The second-order valence-corrected chi connectivity index (χ2v) is 4.22. The molecule has 0 radical (unpaired) electrons. The summed E-state index contributed by atoms with van der Waals surface area (Å²) in [6.45, 7) is 0. The number of hydrogen-bond donors (Lipinski definition) is 1. The highest BCUT2D eigenvalue weighted by Crippen LogP contribution is 2.33. The molecule has 0 saturated heterocycles. The maximum absolute atomic E-state index is 9.67. The molecule has 5 heteroatoms. The van der Waals surface area contributed by atoms with Crippen LogP contribution >= 0.6 is 11.3 Å². The van der Waals surface area contributed by atoms with Gasteiger partial charge in [0.1, 0.15) is 21.1 Å². The Morgan fingerprint density at radius 2 is 2.12 bits per heavy atom. The third-order valence-corrected chi connectivity index (χ3v) is 3.21. The second-order valence-electron chi connectivity index (χ2n) is 3.24. The lowest BCUT2D eigenvalue weighted by Crippen LogP contribution is -1.78. The Morgan fingerprint density at radius 3 is 2.94 bits per heavy atom. The van der Waals surface area contributed by atoms with Crippen molar-refractivity contribution in [3.05, 3.63) is 36.8 Å². The van der Waals surface area contributed by atoms with Gasteiger partial charge in [0.25, 0.3) is 0 Å².